The third-order valence-corrected chi connectivity index (χ3v) is 3.14. The van der Waals surface area contributed by atoms with Gasteiger partial charge in [0.15, 0.2) is 0 Å². The lowest BCUT2D eigenvalue weighted by molar-refractivity contribution is 1.37. The number of fused-ring (bicyclic) bond motifs is 1. The zero-order valence-corrected chi connectivity index (χ0v) is 10.2. The van der Waals surface area contributed by atoms with Gasteiger partial charge in [-0.05, 0) is 5.56 Å². The van der Waals surface area contributed by atoms with Gasteiger partial charge in [-0.25, -0.2) is 0 Å². The Labute approximate surface area is 110 Å². The van der Waals surface area contributed by atoms with E-state index in [0.717, 1.165) is 22.0 Å². The number of hydrogen-bond acceptors (Lipinski definition) is 3. The highest BCUT2D eigenvalue weighted by Gasteiger charge is 2.09. The molecule has 0 bridgehead atoms. The summed E-state index contributed by atoms with van der Waals surface area (Å²) < 4.78 is 0. The normalized spacial score (nSPS) is 10.3. The molecule has 0 saturated heterocycles. The number of benzene rings is 2. The fourth-order valence-corrected chi connectivity index (χ4v) is 2.18. The maximum Gasteiger partial charge on any atom is 0.103 e. The molecule has 3 aromatic rings. The average molecular weight is 245 g/mol. The fraction of sp³-hybridized carbons (Fsp3) is 0. The molecule has 0 aliphatic carbocycles. The zero-order valence-electron chi connectivity index (χ0n) is 10.2. The molecule has 3 nitrogen and oxygen atoms in total. The van der Waals surface area contributed by atoms with Crippen LogP contribution in [0.15, 0.2) is 54.7 Å². The topological polar surface area (TPSA) is 62.7 Å². The number of pyridine rings is 1. The Hall–Kier alpha value is -2.86. The Morgan fingerprint density at radius 3 is 2.53 bits per heavy atom. The van der Waals surface area contributed by atoms with Crippen LogP contribution >= 0.6 is 0 Å². The maximum absolute atomic E-state index is 8.99. The minimum Gasteiger partial charge on any atom is -0.397 e. The number of hydrogen-bond donors (Lipinski definition) is 1. The van der Waals surface area contributed by atoms with Crippen LogP contribution in [-0.2, 0) is 0 Å². The molecule has 0 amide bonds. The van der Waals surface area contributed by atoms with Crippen LogP contribution in [0.5, 0.6) is 0 Å². The van der Waals surface area contributed by atoms with Gasteiger partial charge in [0.25, 0.3) is 0 Å². The number of nitriles is 1. The highest BCUT2D eigenvalue weighted by molar-refractivity contribution is 6.01. The Balaban J connectivity index is 2.35. The lowest BCUT2D eigenvalue weighted by Gasteiger charge is -2.08. The van der Waals surface area contributed by atoms with Crippen molar-refractivity contribution in [3.63, 3.8) is 0 Å². The van der Waals surface area contributed by atoms with Gasteiger partial charge in [-0.2, -0.15) is 5.26 Å². The Kier molecular flexibility index (Phi) is 2.62. The van der Waals surface area contributed by atoms with Crippen LogP contribution in [0.25, 0.3) is 22.0 Å². The summed E-state index contributed by atoms with van der Waals surface area (Å²) in [6.07, 6.45) is 1.53. The summed E-state index contributed by atoms with van der Waals surface area (Å²) in [5, 5.41) is 9.81. The molecule has 0 aliphatic heterocycles. The number of anilines is 1. The Bertz CT molecular complexity index is 786. The average Bonchev–Trinajstić information content (AvgIpc) is 2.48. The number of nitrogen functional groups attached to an aromatic ring is 1. The Morgan fingerprint density at radius 2 is 1.79 bits per heavy atom. The molecule has 1 aromatic heterocycles. The van der Waals surface area contributed by atoms with Crippen molar-refractivity contribution in [3.8, 4) is 17.2 Å². The van der Waals surface area contributed by atoms with Gasteiger partial charge in [0.05, 0.1) is 16.8 Å². The first kappa shape index (κ1) is 11.2. The maximum atomic E-state index is 8.99. The van der Waals surface area contributed by atoms with E-state index in [1.54, 1.807) is 0 Å². The molecule has 2 N–H and O–H groups in total. The number of rotatable bonds is 1. The summed E-state index contributed by atoms with van der Waals surface area (Å²) in [6, 6.07) is 17.9. The van der Waals surface area contributed by atoms with Crippen molar-refractivity contribution in [2.24, 2.45) is 0 Å². The third-order valence-electron chi connectivity index (χ3n) is 3.14. The van der Waals surface area contributed by atoms with Crippen molar-refractivity contribution in [2.75, 3.05) is 5.73 Å². The first-order valence-corrected chi connectivity index (χ1v) is 5.94. The second-order valence-electron chi connectivity index (χ2n) is 4.27. The molecule has 0 spiro atoms. The van der Waals surface area contributed by atoms with Gasteiger partial charge >= 0.3 is 0 Å². The van der Waals surface area contributed by atoms with Crippen molar-refractivity contribution in [1.29, 1.82) is 5.26 Å². The van der Waals surface area contributed by atoms with Crippen molar-refractivity contribution < 1.29 is 0 Å². The standard InChI is InChI=1S/C16H11N3/c17-9-12-10-19-16-13(11-5-2-1-3-6-11)7-4-8-14(16)15(12)18/h1-8,10H,(H2,18,19). The smallest absolute Gasteiger partial charge is 0.103 e. The van der Waals surface area contributed by atoms with E-state index in [-0.39, 0.29) is 0 Å². The van der Waals surface area contributed by atoms with E-state index in [2.05, 4.69) is 11.1 Å². The second-order valence-corrected chi connectivity index (χ2v) is 4.27. The molecule has 0 radical (unpaired) electrons. The van der Waals surface area contributed by atoms with E-state index in [4.69, 9.17) is 11.0 Å². The second kappa shape index (κ2) is 4.43. The Morgan fingerprint density at radius 1 is 1.00 bits per heavy atom. The summed E-state index contributed by atoms with van der Waals surface area (Å²) in [6.45, 7) is 0. The van der Waals surface area contributed by atoms with E-state index in [9.17, 15) is 0 Å². The van der Waals surface area contributed by atoms with Crippen LogP contribution in [0.3, 0.4) is 0 Å². The van der Waals surface area contributed by atoms with Gasteiger partial charge in [-0.3, -0.25) is 4.98 Å². The van der Waals surface area contributed by atoms with Crippen LogP contribution in [0, 0.1) is 11.3 Å². The summed E-state index contributed by atoms with van der Waals surface area (Å²) in [4.78, 5) is 4.39. The van der Waals surface area contributed by atoms with Crippen LogP contribution in [0.4, 0.5) is 5.69 Å². The fourth-order valence-electron chi connectivity index (χ4n) is 2.18. The molecule has 0 saturated carbocycles. The van der Waals surface area contributed by atoms with Gasteiger partial charge in [-0.15, -0.1) is 0 Å². The highest BCUT2D eigenvalue weighted by Crippen LogP contribution is 2.30. The summed E-state index contributed by atoms with van der Waals surface area (Å²) >= 11 is 0. The highest BCUT2D eigenvalue weighted by atomic mass is 14.7. The molecule has 90 valence electrons. The minimum atomic E-state index is 0.415. The van der Waals surface area contributed by atoms with Crippen LogP contribution in [-0.4, -0.2) is 4.98 Å². The van der Waals surface area contributed by atoms with Crippen LogP contribution < -0.4 is 5.73 Å². The summed E-state index contributed by atoms with van der Waals surface area (Å²) in [5.74, 6) is 0. The van der Waals surface area contributed by atoms with E-state index in [1.165, 1.54) is 6.20 Å². The number of para-hydroxylation sites is 1. The lowest BCUT2D eigenvalue weighted by Crippen LogP contribution is -1.95. The predicted octanol–water partition coefficient (Wildman–Crippen LogP) is 3.36. The summed E-state index contributed by atoms with van der Waals surface area (Å²) in [5.41, 5.74) is 9.85. The van der Waals surface area contributed by atoms with E-state index < -0.39 is 0 Å². The number of aromatic nitrogens is 1. The van der Waals surface area contributed by atoms with Crippen LogP contribution in [0.1, 0.15) is 5.56 Å². The van der Waals surface area contributed by atoms with Crippen molar-refractivity contribution >= 4 is 16.6 Å². The van der Waals surface area contributed by atoms with Crippen molar-refractivity contribution in [2.45, 2.75) is 0 Å². The van der Waals surface area contributed by atoms with Gasteiger partial charge in [-0.1, -0.05) is 48.5 Å². The molecule has 19 heavy (non-hydrogen) atoms. The first-order valence-electron chi connectivity index (χ1n) is 5.94. The van der Waals surface area contributed by atoms with E-state index in [0.29, 0.717) is 11.3 Å². The number of nitrogens with two attached hydrogens (primary N) is 1. The predicted molar refractivity (Wildman–Crippen MR) is 76.3 cm³/mol. The molecule has 0 atom stereocenters. The number of nitrogens with zero attached hydrogens (tertiary/aromatic N) is 2. The minimum absolute atomic E-state index is 0.415. The molecule has 3 rings (SSSR count). The summed E-state index contributed by atoms with van der Waals surface area (Å²) in [7, 11) is 0. The third kappa shape index (κ3) is 1.80. The van der Waals surface area contributed by atoms with Gasteiger partial charge in [0.2, 0.25) is 0 Å². The van der Waals surface area contributed by atoms with Crippen molar-refractivity contribution in [1.82, 2.24) is 4.98 Å². The lowest BCUT2D eigenvalue weighted by atomic mass is 10.0. The molecular formula is C16H11N3. The monoisotopic (exact) mass is 245 g/mol. The molecule has 0 unspecified atom stereocenters. The molecule has 3 heteroatoms. The largest absolute Gasteiger partial charge is 0.397 e. The molecular weight excluding hydrogens is 234 g/mol. The molecule has 1 heterocycles. The van der Waals surface area contributed by atoms with Gasteiger partial charge < -0.3 is 5.73 Å². The van der Waals surface area contributed by atoms with Crippen molar-refractivity contribution in [3.05, 3.63) is 60.3 Å². The van der Waals surface area contributed by atoms with Gasteiger partial charge in [0.1, 0.15) is 6.07 Å². The molecule has 2 aromatic carbocycles. The quantitative estimate of drug-likeness (QED) is 0.715. The van der Waals surface area contributed by atoms with Crippen LogP contribution in [0.2, 0.25) is 0 Å². The molecule has 0 fully saturated rings. The SMILES string of the molecule is N#Cc1cnc2c(-c3ccccc3)cccc2c1N. The first-order chi connectivity index (χ1) is 9.31. The zero-order chi connectivity index (χ0) is 13.2. The molecule has 0 aliphatic rings. The van der Waals surface area contributed by atoms with E-state index in [1.807, 2.05) is 48.5 Å². The van der Waals surface area contributed by atoms with Gasteiger partial charge in [0, 0.05) is 17.1 Å². The van der Waals surface area contributed by atoms with E-state index >= 15 is 0 Å².